The lowest BCUT2D eigenvalue weighted by Gasteiger charge is -2.06. The van der Waals surface area contributed by atoms with Gasteiger partial charge < -0.3 is 14.3 Å². The largest absolute Gasteiger partial charge is 0.459 e. The minimum absolute atomic E-state index is 0.244. The highest BCUT2D eigenvalue weighted by molar-refractivity contribution is 7.99. The Hall–Kier alpha value is -2.47. The van der Waals surface area contributed by atoms with E-state index in [2.05, 4.69) is 10.3 Å². The summed E-state index contributed by atoms with van der Waals surface area (Å²) in [4.78, 5) is 17.4. The molecule has 5 nitrogen and oxygen atoms in total. The lowest BCUT2D eigenvalue weighted by molar-refractivity contribution is 0.0996. The van der Waals surface area contributed by atoms with E-state index in [1.165, 1.54) is 6.26 Å². The summed E-state index contributed by atoms with van der Waals surface area (Å²) in [6.07, 6.45) is 5.18. The summed E-state index contributed by atoms with van der Waals surface area (Å²) in [6.45, 7) is 1.84. The van der Waals surface area contributed by atoms with E-state index in [1.54, 1.807) is 24.0 Å². The third-order valence-electron chi connectivity index (χ3n) is 3.17. The Bertz CT molecular complexity index is 790. The lowest BCUT2D eigenvalue weighted by Crippen LogP contribution is -2.11. The maximum absolute atomic E-state index is 12.1. The van der Waals surface area contributed by atoms with Crippen LogP contribution in [0.1, 0.15) is 16.1 Å². The highest BCUT2D eigenvalue weighted by Crippen LogP contribution is 2.27. The van der Waals surface area contributed by atoms with E-state index in [0.717, 1.165) is 21.3 Å². The van der Waals surface area contributed by atoms with Crippen molar-refractivity contribution >= 4 is 23.4 Å². The van der Waals surface area contributed by atoms with Crippen LogP contribution >= 0.6 is 11.8 Å². The van der Waals surface area contributed by atoms with Gasteiger partial charge in [-0.2, -0.15) is 0 Å². The summed E-state index contributed by atoms with van der Waals surface area (Å²) >= 11 is 1.57. The maximum atomic E-state index is 12.1. The number of aryl methyl sites for hydroxylation is 2. The number of carbonyl (C=O) groups is 1. The van der Waals surface area contributed by atoms with Crippen molar-refractivity contribution in [1.29, 1.82) is 0 Å². The maximum Gasteiger partial charge on any atom is 0.291 e. The van der Waals surface area contributed by atoms with Gasteiger partial charge in [-0.25, -0.2) is 4.98 Å². The quantitative estimate of drug-likeness (QED) is 0.797. The van der Waals surface area contributed by atoms with Crippen LogP contribution in [0.4, 0.5) is 5.69 Å². The molecule has 0 unspecified atom stereocenters. The van der Waals surface area contributed by atoms with Crippen LogP contribution < -0.4 is 5.32 Å². The first-order valence-corrected chi connectivity index (χ1v) is 7.56. The summed E-state index contributed by atoms with van der Waals surface area (Å²) in [5, 5.41) is 3.74. The zero-order valence-corrected chi connectivity index (χ0v) is 13.1. The van der Waals surface area contributed by atoms with Crippen molar-refractivity contribution in [3.05, 3.63) is 60.3 Å². The average Bonchev–Trinajstić information content (AvgIpc) is 3.10. The first kappa shape index (κ1) is 14.5. The third kappa shape index (κ3) is 3.07. The van der Waals surface area contributed by atoms with Gasteiger partial charge in [0.25, 0.3) is 5.91 Å². The number of hydrogen-bond donors (Lipinski definition) is 1. The minimum atomic E-state index is -0.244. The molecular formula is C16H15N3O2S. The number of rotatable bonds is 4. The van der Waals surface area contributed by atoms with E-state index in [0.29, 0.717) is 5.76 Å². The van der Waals surface area contributed by atoms with E-state index in [9.17, 15) is 4.79 Å². The molecule has 0 saturated heterocycles. The molecule has 0 aliphatic heterocycles. The number of hydrogen-bond acceptors (Lipinski definition) is 4. The van der Waals surface area contributed by atoms with Gasteiger partial charge in [-0.05, 0) is 37.3 Å². The first-order chi connectivity index (χ1) is 10.6. The van der Waals surface area contributed by atoms with Gasteiger partial charge >= 0.3 is 0 Å². The van der Waals surface area contributed by atoms with E-state index in [-0.39, 0.29) is 5.91 Å². The summed E-state index contributed by atoms with van der Waals surface area (Å²) in [5.74, 6) is 0.0958. The van der Waals surface area contributed by atoms with Gasteiger partial charge in [0.2, 0.25) is 0 Å². The molecule has 0 atom stereocenters. The molecule has 0 spiro atoms. The van der Waals surface area contributed by atoms with Crippen molar-refractivity contribution in [1.82, 2.24) is 9.55 Å². The highest BCUT2D eigenvalue weighted by Gasteiger charge is 2.12. The van der Waals surface area contributed by atoms with Crippen molar-refractivity contribution in [2.24, 2.45) is 7.05 Å². The van der Waals surface area contributed by atoms with E-state index < -0.39 is 0 Å². The molecule has 0 aliphatic rings. The fourth-order valence-electron chi connectivity index (χ4n) is 1.96. The van der Waals surface area contributed by atoms with E-state index >= 15 is 0 Å². The Morgan fingerprint density at radius 1 is 1.27 bits per heavy atom. The molecule has 3 rings (SSSR count). The monoisotopic (exact) mass is 313 g/mol. The van der Waals surface area contributed by atoms with Gasteiger partial charge in [0.05, 0.1) is 6.26 Å². The SMILES string of the molecule is Cc1ccoc1C(=O)Nc1ccc(Sc2nccn2C)cc1. The van der Waals surface area contributed by atoms with Crippen molar-refractivity contribution in [2.45, 2.75) is 17.0 Å². The second kappa shape index (κ2) is 6.11. The van der Waals surface area contributed by atoms with Crippen LogP contribution in [0, 0.1) is 6.92 Å². The fraction of sp³-hybridized carbons (Fsp3) is 0.125. The van der Waals surface area contributed by atoms with Gasteiger partial charge in [-0.3, -0.25) is 4.79 Å². The fourth-order valence-corrected chi connectivity index (χ4v) is 2.76. The number of amides is 1. The Kier molecular flexibility index (Phi) is 4.02. The average molecular weight is 313 g/mol. The molecule has 3 aromatic rings. The molecule has 1 N–H and O–H groups in total. The predicted molar refractivity (Wildman–Crippen MR) is 85.2 cm³/mol. The molecule has 0 radical (unpaired) electrons. The molecule has 112 valence electrons. The number of anilines is 1. The molecular weight excluding hydrogens is 298 g/mol. The molecule has 0 fully saturated rings. The van der Waals surface area contributed by atoms with Gasteiger partial charge in [-0.15, -0.1) is 0 Å². The smallest absolute Gasteiger partial charge is 0.291 e. The van der Waals surface area contributed by atoms with Crippen LogP contribution in [-0.4, -0.2) is 15.5 Å². The Labute approximate surface area is 132 Å². The second-order valence-electron chi connectivity index (χ2n) is 4.83. The first-order valence-electron chi connectivity index (χ1n) is 6.74. The van der Waals surface area contributed by atoms with Crippen molar-refractivity contribution < 1.29 is 9.21 Å². The number of imidazole rings is 1. The Morgan fingerprint density at radius 3 is 2.64 bits per heavy atom. The molecule has 1 amide bonds. The van der Waals surface area contributed by atoms with Crippen molar-refractivity contribution in [3.8, 4) is 0 Å². The Balaban J connectivity index is 1.68. The molecule has 0 bridgehead atoms. The molecule has 2 heterocycles. The number of benzene rings is 1. The van der Waals surface area contributed by atoms with Gasteiger partial charge in [0.15, 0.2) is 10.9 Å². The topological polar surface area (TPSA) is 60.1 Å². The number of aromatic nitrogens is 2. The number of carbonyl (C=O) groups excluding carboxylic acids is 1. The molecule has 22 heavy (non-hydrogen) atoms. The third-order valence-corrected chi connectivity index (χ3v) is 4.25. The van der Waals surface area contributed by atoms with E-state index in [1.807, 2.05) is 49.0 Å². The van der Waals surface area contributed by atoms with E-state index in [4.69, 9.17) is 4.42 Å². The normalized spacial score (nSPS) is 10.6. The second-order valence-corrected chi connectivity index (χ2v) is 5.87. The standard InChI is InChI=1S/C16H15N3O2S/c1-11-7-10-21-14(11)15(20)18-12-3-5-13(6-4-12)22-16-17-8-9-19(16)2/h3-10H,1-2H3,(H,18,20). The predicted octanol–water partition coefficient (Wildman–Crippen LogP) is 3.73. The summed E-state index contributed by atoms with van der Waals surface area (Å²) < 4.78 is 7.14. The summed E-state index contributed by atoms with van der Waals surface area (Å²) in [6, 6.07) is 9.39. The van der Waals surface area contributed by atoms with Crippen molar-refractivity contribution in [3.63, 3.8) is 0 Å². The van der Waals surface area contributed by atoms with Crippen LogP contribution in [0.5, 0.6) is 0 Å². The van der Waals surface area contributed by atoms with Crippen LogP contribution in [0.3, 0.4) is 0 Å². The zero-order chi connectivity index (χ0) is 15.5. The van der Waals surface area contributed by atoms with Crippen molar-refractivity contribution in [2.75, 3.05) is 5.32 Å². The molecule has 1 aromatic carbocycles. The van der Waals surface area contributed by atoms with Crippen LogP contribution in [-0.2, 0) is 7.05 Å². The zero-order valence-electron chi connectivity index (χ0n) is 12.2. The molecule has 2 aromatic heterocycles. The van der Waals surface area contributed by atoms with Gasteiger partial charge in [-0.1, -0.05) is 11.8 Å². The number of nitrogens with one attached hydrogen (secondary N) is 1. The summed E-state index contributed by atoms with van der Waals surface area (Å²) in [7, 11) is 1.95. The highest BCUT2D eigenvalue weighted by atomic mass is 32.2. The Morgan fingerprint density at radius 2 is 2.05 bits per heavy atom. The molecule has 6 heteroatoms. The number of furan rings is 1. The van der Waals surface area contributed by atoms with Crippen LogP contribution in [0.25, 0.3) is 0 Å². The lowest BCUT2D eigenvalue weighted by atomic mass is 10.2. The van der Waals surface area contributed by atoms with Gasteiger partial charge in [0, 0.05) is 35.6 Å². The van der Waals surface area contributed by atoms with Gasteiger partial charge in [0.1, 0.15) is 0 Å². The van der Waals surface area contributed by atoms with Crippen LogP contribution in [0.15, 0.2) is 63.5 Å². The molecule has 0 saturated carbocycles. The molecule has 0 aliphatic carbocycles. The summed E-state index contributed by atoms with van der Waals surface area (Å²) in [5.41, 5.74) is 1.55. The minimum Gasteiger partial charge on any atom is -0.459 e. The van der Waals surface area contributed by atoms with Crippen LogP contribution in [0.2, 0.25) is 0 Å². The number of nitrogens with zero attached hydrogens (tertiary/aromatic N) is 2.